The van der Waals surface area contributed by atoms with Gasteiger partial charge in [0.2, 0.25) is 0 Å². The van der Waals surface area contributed by atoms with Crippen LogP contribution in [-0.2, 0) is 30.7 Å². The molecule has 0 radical (unpaired) electrons. The van der Waals surface area contributed by atoms with E-state index in [1.165, 1.54) is 0 Å². The van der Waals surface area contributed by atoms with Crippen LogP contribution in [0.4, 0.5) is 0 Å². The molecule has 0 aliphatic heterocycles. The molecule has 0 bridgehead atoms. The molecular weight excluding hydrogens is 359 g/mol. The maximum atomic E-state index is 8.93. The molecule has 6 nitrogen and oxygen atoms in total. The van der Waals surface area contributed by atoms with Gasteiger partial charge in [-0.25, -0.2) is 0 Å². The minimum atomic E-state index is -2.19. The smallest absolute Gasteiger partial charge is 0.543 e. The zero-order valence-corrected chi connectivity index (χ0v) is 9.79. The van der Waals surface area contributed by atoms with Crippen LogP contribution in [0.5, 0.6) is 0 Å². The molecule has 0 atom stereocenters. The second kappa shape index (κ2) is 22.6. The molecule has 0 saturated carbocycles. The van der Waals surface area contributed by atoms with Crippen molar-refractivity contribution in [2.75, 3.05) is 13.1 Å². The third kappa shape index (κ3) is 83.6. The summed E-state index contributed by atoms with van der Waals surface area (Å²) in [5.41, 5.74) is 9.69. The summed E-state index contributed by atoms with van der Waals surface area (Å²) in [6.45, 7) is 5.31. The molecule has 0 fully saturated rings. The van der Waals surface area contributed by atoms with E-state index in [2.05, 4.69) is 0 Å². The van der Waals surface area contributed by atoms with Crippen molar-refractivity contribution in [2.45, 2.75) is 13.8 Å². The van der Waals surface area contributed by atoms with Gasteiger partial charge in [-0.15, -0.1) is 0 Å². The third-order valence-corrected chi connectivity index (χ3v) is 0.167. The molecule has 7 heteroatoms. The summed E-state index contributed by atoms with van der Waals surface area (Å²) in [5.74, 6) is -4.37. The first-order chi connectivity index (χ1) is 5.47. The normalized spacial score (nSPS) is 6.15. The first kappa shape index (κ1) is 22.9. The van der Waals surface area contributed by atoms with E-state index >= 15 is 0 Å². The molecule has 0 amide bonds. The van der Waals surface area contributed by atoms with Crippen LogP contribution in [0.1, 0.15) is 13.8 Å². The Morgan fingerprint density at radius 3 is 1.08 bits per heavy atom. The zero-order valence-electron chi connectivity index (χ0n) is 7.52. The molecule has 0 heterocycles. The number of hydrogen-bond donors (Lipinski definition) is 2. The Bertz CT molecular complexity index is 107. The SMILES string of the molecule is CCN.CCN.O=C([O-])C(=O)[O-].[Pt+2]. The number of carboxylic acids is 2. The summed E-state index contributed by atoms with van der Waals surface area (Å²) in [6.07, 6.45) is 0. The fraction of sp³-hybridized carbons (Fsp3) is 0.667. The van der Waals surface area contributed by atoms with E-state index in [1.807, 2.05) is 13.8 Å². The second-order valence-corrected chi connectivity index (χ2v) is 1.39. The van der Waals surface area contributed by atoms with Gasteiger partial charge in [-0.1, -0.05) is 13.8 Å². The van der Waals surface area contributed by atoms with Crippen molar-refractivity contribution in [1.82, 2.24) is 0 Å². The summed E-state index contributed by atoms with van der Waals surface area (Å²) in [4.78, 5) is 17.9. The van der Waals surface area contributed by atoms with Gasteiger partial charge in [-0.3, -0.25) is 0 Å². The Morgan fingerprint density at radius 2 is 1.08 bits per heavy atom. The van der Waals surface area contributed by atoms with Gasteiger partial charge in [-0.2, -0.15) is 0 Å². The van der Waals surface area contributed by atoms with Gasteiger partial charge < -0.3 is 31.3 Å². The van der Waals surface area contributed by atoms with Crippen LogP contribution < -0.4 is 21.7 Å². The summed E-state index contributed by atoms with van der Waals surface area (Å²) in [6, 6.07) is 0. The first-order valence-corrected chi connectivity index (χ1v) is 3.30. The van der Waals surface area contributed by atoms with Crippen molar-refractivity contribution in [2.24, 2.45) is 11.5 Å². The molecule has 0 aliphatic carbocycles. The van der Waals surface area contributed by atoms with Crippen molar-refractivity contribution >= 4 is 11.9 Å². The number of nitrogens with two attached hydrogens (primary N) is 2. The first-order valence-electron chi connectivity index (χ1n) is 3.30. The van der Waals surface area contributed by atoms with E-state index in [0.29, 0.717) is 0 Å². The number of aliphatic carboxylic acids is 2. The van der Waals surface area contributed by atoms with Gasteiger partial charge in [0.1, 0.15) is 0 Å². The summed E-state index contributed by atoms with van der Waals surface area (Å²) in [7, 11) is 0. The van der Waals surface area contributed by atoms with Gasteiger partial charge in [-0.05, 0) is 13.1 Å². The van der Waals surface area contributed by atoms with Crippen molar-refractivity contribution in [3.63, 3.8) is 0 Å². The number of carbonyl (C=O) groups excluding carboxylic acids is 2. The van der Waals surface area contributed by atoms with Gasteiger partial charge >= 0.3 is 21.1 Å². The molecule has 0 spiro atoms. The average Bonchev–Trinajstić information content (AvgIpc) is 1.90. The Morgan fingerprint density at radius 1 is 1.00 bits per heavy atom. The van der Waals surface area contributed by atoms with Gasteiger partial charge in [0.05, 0.1) is 11.9 Å². The maximum Gasteiger partial charge on any atom is 2.00 e. The van der Waals surface area contributed by atoms with Crippen LogP contribution in [0.15, 0.2) is 0 Å². The van der Waals surface area contributed by atoms with Crippen LogP contribution >= 0.6 is 0 Å². The Labute approximate surface area is 91.6 Å². The monoisotopic (exact) mass is 373 g/mol. The third-order valence-electron chi connectivity index (χ3n) is 0.167. The molecule has 0 rings (SSSR count). The molecule has 0 saturated heterocycles. The summed E-state index contributed by atoms with van der Waals surface area (Å²) < 4.78 is 0. The quantitative estimate of drug-likeness (QED) is 0.422. The van der Waals surface area contributed by atoms with Gasteiger partial charge in [0, 0.05) is 0 Å². The maximum absolute atomic E-state index is 8.93. The van der Waals surface area contributed by atoms with Gasteiger partial charge in [0.15, 0.2) is 0 Å². The molecular formula is C6H14N2O4Pt. The number of hydrogen-bond acceptors (Lipinski definition) is 6. The van der Waals surface area contributed by atoms with Gasteiger partial charge in [0.25, 0.3) is 0 Å². The van der Waals surface area contributed by atoms with E-state index in [4.69, 9.17) is 31.3 Å². The van der Waals surface area contributed by atoms with Crippen molar-refractivity contribution < 1.29 is 40.9 Å². The average molecular weight is 373 g/mol. The number of carboxylic acid groups (broad SMARTS) is 2. The van der Waals surface area contributed by atoms with Crippen LogP contribution in [-0.4, -0.2) is 25.0 Å². The number of carbonyl (C=O) groups is 2. The molecule has 0 aromatic rings. The Hall–Kier alpha value is -0.452. The zero-order chi connectivity index (χ0) is 10.6. The van der Waals surface area contributed by atoms with E-state index in [0.717, 1.165) is 13.1 Å². The van der Waals surface area contributed by atoms with Crippen LogP contribution in [0.25, 0.3) is 0 Å². The van der Waals surface area contributed by atoms with E-state index < -0.39 is 11.9 Å². The molecule has 82 valence electrons. The predicted molar refractivity (Wildman–Crippen MR) is 39.5 cm³/mol. The van der Waals surface area contributed by atoms with Crippen molar-refractivity contribution in [1.29, 1.82) is 0 Å². The fourth-order valence-electron chi connectivity index (χ4n) is 0. The minimum absolute atomic E-state index is 0. The Balaban J connectivity index is -0.0000000501. The Kier molecular flexibility index (Phi) is 39.7. The van der Waals surface area contributed by atoms with E-state index in [-0.39, 0.29) is 21.1 Å². The topological polar surface area (TPSA) is 132 Å². The van der Waals surface area contributed by atoms with Crippen molar-refractivity contribution in [3.05, 3.63) is 0 Å². The van der Waals surface area contributed by atoms with E-state index in [1.54, 1.807) is 0 Å². The van der Waals surface area contributed by atoms with Crippen molar-refractivity contribution in [3.8, 4) is 0 Å². The van der Waals surface area contributed by atoms with E-state index in [9.17, 15) is 0 Å². The second-order valence-electron chi connectivity index (χ2n) is 1.39. The standard InChI is InChI=1S/2C2H7N.C2H2O4.Pt/c2*1-2-3;3-1(4)2(5)6;/h2*2-3H2,1H3;(H,3,4)(H,5,6);/q;;;+2/p-2. The predicted octanol–water partition coefficient (Wildman–Crippen LogP) is -3.59. The fourth-order valence-corrected chi connectivity index (χ4v) is 0. The van der Waals surface area contributed by atoms with Crippen LogP contribution in [0.3, 0.4) is 0 Å². The van der Waals surface area contributed by atoms with Crippen LogP contribution in [0.2, 0.25) is 0 Å². The number of rotatable bonds is 0. The minimum Gasteiger partial charge on any atom is -0.543 e. The summed E-state index contributed by atoms with van der Waals surface area (Å²) >= 11 is 0. The molecule has 0 aromatic heterocycles. The molecule has 0 aromatic carbocycles. The summed E-state index contributed by atoms with van der Waals surface area (Å²) in [5, 5.41) is 17.9. The van der Waals surface area contributed by atoms with Crippen LogP contribution in [0, 0.1) is 0 Å². The molecule has 4 N–H and O–H groups in total. The molecule has 0 unspecified atom stereocenters. The molecule has 0 aliphatic rings. The molecule has 13 heavy (non-hydrogen) atoms. The largest absolute Gasteiger partial charge is 2.00 e.